The van der Waals surface area contributed by atoms with Crippen molar-refractivity contribution < 1.29 is 13.9 Å². The first-order valence-corrected chi connectivity index (χ1v) is 9.38. The Balaban J connectivity index is 1.57. The number of thioether (sulfide) groups is 1. The van der Waals surface area contributed by atoms with Crippen molar-refractivity contribution >= 4 is 34.1 Å². The average molecular weight is 375 g/mol. The minimum atomic E-state index is -0.144. The Hall–Kier alpha value is -2.32. The number of methoxy groups -OCH3 is 1. The summed E-state index contributed by atoms with van der Waals surface area (Å²) in [4.78, 5) is 20.7. The molecule has 3 aromatic rings. The maximum atomic E-state index is 12.1. The van der Waals surface area contributed by atoms with Crippen molar-refractivity contribution in [2.45, 2.75) is 19.1 Å². The molecule has 0 unspecified atom stereocenters. The Labute approximate surface area is 153 Å². The van der Waals surface area contributed by atoms with Crippen LogP contribution in [0, 0.1) is 13.8 Å². The number of nitrogens with zero attached hydrogens (tertiary/aromatic N) is 2. The summed E-state index contributed by atoms with van der Waals surface area (Å²) in [5, 5.41) is 5.78. The lowest BCUT2D eigenvalue weighted by atomic mass is 10.2. The van der Waals surface area contributed by atoms with Gasteiger partial charge in [-0.25, -0.2) is 9.97 Å². The van der Waals surface area contributed by atoms with E-state index >= 15 is 0 Å². The van der Waals surface area contributed by atoms with Crippen LogP contribution < -0.4 is 10.1 Å². The van der Waals surface area contributed by atoms with Gasteiger partial charge >= 0.3 is 0 Å². The van der Waals surface area contributed by atoms with Gasteiger partial charge in [0.25, 0.3) is 5.22 Å². The number of rotatable bonds is 6. The number of amides is 1. The van der Waals surface area contributed by atoms with Crippen LogP contribution in [0.1, 0.15) is 11.5 Å². The minimum Gasteiger partial charge on any atom is -0.497 e. The lowest BCUT2D eigenvalue weighted by Gasteiger charge is -2.01. The molecule has 3 rings (SSSR count). The molecule has 0 aliphatic carbocycles. The molecule has 25 heavy (non-hydrogen) atoms. The number of nitrogens with one attached hydrogen (secondary N) is 1. The van der Waals surface area contributed by atoms with Crippen LogP contribution in [0.5, 0.6) is 5.75 Å². The van der Waals surface area contributed by atoms with Gasteiger partial charge in [-0.3, -0.25) is 4.79 Å². The number of thiazole rings is 1. The van der Waals surface area contributed by atoms with E-state index in [1.165, 1.54) is 23.1 Å². The predicted octanol–water partition coefficient (Wildman–Crippen LogP) is 4.15. The Morgan fingerprint density at radius 1 is 1.28 bits per heavy atom. The number of anilines is 1. The van der Waals surface area contributed by atoms with E-state index in [1.54, 1.807) is 7.11 Å². The second-order valence-corrected chi connectivity index (χ2v) is 7.01. The fourth-order valence-electron chi connectivity index (χ4n) is 2.01. The number of carbonyl (C=O) groups excluding carboxylic acids is 1. The maximum absolute atomic E-state index is 12.1. The third kappa shape index (κ3) is 4.40. The molecular formula is C17H17N3O3S2. The molecule has 2 heterocycles. The van der Waals surface area contributed by atoms with Gasteiger partial charge in [-0.2, -0.15) is 0 Å². The molecule has 1 aromatic carbocycles. The van der Waals surface area contributed by atoms with Gasteiger partial charge in [-0.1, -0.05) is 11.8 Å². The summed E-state index contributed by atoms with van der Waals surface area (Å²) in [5.74, 6) is 1.64. The number of aryl methyl sites for hydroxylation is 2. The van der Waals surface area contributed by atoms with Gasteiger partial charge in [-0.05, 0) is 38.1 Å². The van der Waals surface area contributed by atoms with Crippen LogP contribution in [0.3, 0.4) is 0 Å². The zero-order chi connectivity index (χ0) is 17.8. The SMILES string of the molecule is COc1ccc(-c2csc(NC(=O)CSc3nc(C)c(C)o3)n2)cc1. The van der Waals surface area contributed by atoms with Crippen molar-refractivity contribution in [3.05, 3.63) is 41.1 Å². The summed E-state index contributed by atoms with van der Waals surface area (Å²) in [6.45, 7) is 3.72. The Morgan fingerprint density at radius 3 is 2.68 bits per heavy atom. The summed E-state index contributed by atoms with van der Waals surface area (Å²) in [6.07, 6.45) is 0. The van der Waals surface area contributed by atoms with E-state index in [4.69, 9.17) is 9.15 Å². The highest BCUT2D eigenvalue weighted by Crippen LogP contribution is 2.27. The van der Waals surface area contributed by atoms with Crippen molar-refractivity contribution in [2.24, 2.45) is 0 Å². The van der Waals surface area contributed by atoms with Gasteiger partial charge in [0.2, 0.25) is 5.91 Å². The minimum absolute atomic E-state index is 0.144. The maximum Gasteiger partial charge on any atom is 0.256 e. The first-order valence-electron chi connectivity index (χ1n) is 7.52. The molecule has 0 bridgehead atoms. The van der Waals surface area contributed by atoms with Crippen molar-refractivity contribution in [3.8, 4) is 17.0 Å². The second-order valence-electron chi connectivity index (χ2n) is 5.22. The molecule has 1 N–H and O–H groups in total. The van der Waals surface area contributed by atoms with Gasteiger partial charge in [0.05, 0.1) is 24.3 Å². The molecule has 0 atom stereocenters. The first-order chi connectivity index (χ1) is 12.0. The predicted molar refractivity (Wildman–Crippen MR) is 99.4 cm³/mol. The number of carbonyl (C=O) groups is 1. The summed E-state index contributed by atoms with van der Waals surface area (Å²) >= 11 is 2.65. The van der Waals surface area contributed by atoms with Gasteiger partial charge in [0, 0.05) is 10.9 Å². The van der Waals surface area contributed by atoms with Crippen molar-refractivity contribution in [3.63, 3.8) is 0 Å². The summed E-state index contributed by atoms with van der Waals surface area (Å²) < 4.78 is 10.6. The third-order valence-corrected chi connectivity index (χ3v) is 5.06. The Kier molecular flexibility index (Phi) is 5.40. The fraction of sp³-hybridized carbons (Fsp3) is 0.235. The molecule has 130 valence electrons. The highest BCUT2D eigenvalue weighted by molar-refractivity contribution is 7.99. The van der Waals surface area contributed by atoms with Gasteiger partial charge in [-0.15, -0.1) is 11.3 Å². The normalized spacial score (nSPS) is 10.7. The zero-order valence-corrected chi connectivity index (χ0v) is 15.7. The fourth-order valence-corrected chi connectivity index (χ4v) is 3.46. The van der Waals surface area contributed by atoms with Crippen LogP contribution in [-0.2, 0) is 4.79 Å². The molecule has 1 amide bonds. The monoisotopic (exact) mass is 375 g/mol. The molecule has 0 saturated heterocycles. The molecule has 0 radical (unpaired) electrons. The van der Waals surface area contributed by atoms with E-state index in [0.717, 1.165) is 28.5 Å². The number of hydrogen-bond acceptors (Lipinski definition) is 7. The summed E-state index contributed by atoms with van der Waals surface area (Å²) in [5.41, 5.74) is 2.62. The average Bonchev–Trinajstić information content (AvgIpc) is 3.20. The van der Waals surface area contributed by atoms with Crippen LogP contribution in [-0.4, -0.2) is 28.7 Å². The summed E-state index contributed by atoms with van der Waals surface area (Å²) in [6, 6.07) is 7.62. The molecule has 2 aromatic heterocycles. The van der Waals surface area contributed by atoms with Gasteiger partial charge < -0.3 is 14.5 Å². The zero-order valence-electron chi connectivity index (χ0n) is 14.0. The van der Waals surface area contributed by atoms with Gasteiger partial charge in [0.1, 0.15) is 11.5 Å². The van der Waals surface area contributed by atoms with Crippen LogP contribution >= 0.6 is 23.1 Å². The second kappa shape index (κ2) is 7.71. The smallest absolute Gasteiger partial charge is 0.256 e. The first kappa shape index (κ1) is 17.5. The molecule has 0 saturated carbocycles. The molecule has 0 spiro atoms. The largest absolute Gasteiger partial charge is 0.497 e. The van der Waals surface area contributed by atoms with Crippen LogP contribution in [0.25, 0.3) is 11.3 Å². The van der Waals surface area contributed by atoms with Crippen molar-refractivity contribution in [2.75, 3.05) is 18.2 Å². The lowest BCUT2D eigenvalue weighted by Crippen LogP contribution is -2.13. The van der Waals surface area contributed by atoms with Crippen molar-refractivity contribution in [1.82, 2.24) is 9.97 Å². The van der Waals surface area contributed by atoms with Gasteiger partial charge in [0.15, 0.2) is 5.13 Å². The Bertz CT molecular complexity index is 852. The molecule has 0 aliphatic rings. The van der Waals surface area contributed by atoms with Crippen molar-refractivity contribution in [1.29, 1.82) is 0 Å². The van der Waals surface area contributed by atoms with Crippen LogP contribution in [0.15, 0.2) is 39.3 Å². The van der Waals surface area contributed by atoms with E-state index in [2.05, 4.69) is 15.3 Å². The van der Waals surface area contributed by atoms with E-state index in [9.17, 15) is 4.79 Å². The topological polar surface area (TPSA) is 77.2 Å². The molecule has 8 heteroatoms. The number of ether oxygens (including phenoxy) is 1. The molecule has 0 fully saturated rings. The van der Waals surface area contributed by atoms with Crippen LogP contribution in [0.2, 0.25) is 0 Å². The van der Waals surface area contributed by atoms with E-state index in [0.29, 0.717) is 10.4 Å². The van der Waals surface area contributed by atoms with E-state index in [1.807, 2.05) is 43.5 Å². The molecule has 6 nitrogen and oxygen atoms in total. The number of aromatic nitrogens is 2. The molecule has 0 aliphatic heterocycles. The standard InChI is InChI=1S/C17H17N3O3S2/c1-10-11(2)23-17(18-10)25-9-15(21)20-16-19-14(8-24-16)12-4-6-13(22-3)7-5-12/h4-8H,9H2,1-3H3,(H,19,20,21). The highest BCUT2D eigenvalue weighted by Gasteiger charge is 2.12. The quantitative estimate of drug-likeness (QED) is 0.652. The summed E-state index contributed by atoms with van der Waals surface area (Å²) in [7, 11) is 1.63. The van der Waals surface area contributed by atoms with Crippen LogP contribution in [0.4, 0.5) is 5.13 Å². The molecular weight excluding hydrogens is 358 g/mol. The number of hydrogen-bond donors (Lipinski definition) is 1. The highest BCUT2D eigenvalue weighted by atomic mass is 32.2. The number of oxazole rings is 1. The van der Waals surface area contributed by atoms with E-state index < -0.39 is 0 Å². The Morgan fingerprint density at radius 2 is 2.04 bits per heavy atom. The van der Waals surface area contributed by atoms with E-state index in [-0.39, 0.29) is 11.7 Å². The third-order valence-electron chi connectivity index (χ3n) is 3.47. The lowest BCUT2D eigenvalue weighted by molar-refractivity contribution is -0.113. The number of benzene rings is 1.